The minimum Gasteiger partial charge on any atom is -0.504 e. The number of carbonyl (C=O) groups excluding carboxylic acids is 4. The van der Waals surface area contributed by atoms with Crippen molar-refractivity contribution < 1.29 is 63.7 Å². The smallest absolute Gasteiger partial charge is 0.328 e. The average molecular weight is 720 g/mol. The number of aliphatic carboxylic acids is 1. The molecule has 0 bridgehead atoms. The predicted octanol–water partition coefficient (Wildman–Crippen LogP) is 3.13. The Labute approximate surface area is 278 Å². The number of methoxy groups -OCH3 is 1. The van der Waals surface area contributed by atoms with Crippen molar-refractivity contribution in [3.05, 3.63) is 75.5 Å². The highest BCUT2D eigenvalue weighted by atomic mass is 79.9. The van der Waals surface area contributed by atoms with Gasteiger partial charge >= 0.3 is 11.9 Å². The molecular formula is C33H35BrO13. The predicted molar refractivity (Wildman–Crippen MR) is 169 cm³/mol. The van der Waals surface area contributed by atoms with E-state index in [4.69, 9.17) is 19.3 Å². The van der Waals surface area contributed by atoms with Gasteiger partial charge in [-0.1, -0.05) is 24.3 Å². The summed E-state index contributed by atoms with van der Waals surface area (Å²) < 4.78 is 16.4. The monoisotopic (exact) mass is 718 g/mol. The topological polar surface area (TPSA) is 214 Å². The summed E-state index contributed by atoms with van der Waals surface area (Å²) >= 11 is 3.29. The van der Waals surface area contributed by atoms with E-state index in [2.05, 4.69) is 15.9 Å². The number of carboxylic acid groups (broad SMARTS) is 1. The molecular weight excluding hydrogens is 684 g/mol. The third-order valence-electron chi connectivity index (χ3n) is 7.58. The first-order valence-electron chi connectivity index (χ1n) is 14.3. The van der Waals surface area contributed by atoms with Crippen LogP contribution in [0.5, 0.6) is 17.2 Å². The Hall–Kier alpha value is -4.53. The van der Waals surface area contributed by atoms with Crippen LogP contribution >= 0.6 is 15.9 Å². The molecule has 1 aromatic carbocycles. The number of Topliss-reactive ketones (excluding diaryl/α,β-unsaturated/α-hetero) is 3. The molecule has 0 radical (unpaired) electrons. The zero-order valence-electron chi connectivity index (χ0n) is 26.0. The molecule has 0 spiro atoms. The van der Waals surface area contributed by atoms with E-state index in [1.54, 1.807) is 0 Å². The Morgan fingerprint density at radius 3 is 2.36 bits per heavy atom. The van der Waals surface area contributed by atoms with Crippen LogP contribution < -0.4 is 4.74 Å². The van der Waals surface area contributed by atoms with E-state index in [1.807, 2.05) is 0 Å². The number of aliphatic hydroxyl groups is 2. The standard InChI is InChI=1S/C33H35BrO13/c1-17(35)11-20(37)13-25(40)47-32(3)30(43)27(34)22-14-21(9-7-5-6-8-10-24(38)39)46-16-33(22,31(32)44)15-19-12-23(45-4)28(41)29(42)26(19)18(2)36/h5-10,12,14,17,20,35,37,41-42H,11,13,15-16H2,1-4H3,(H,38,39). The van der Waals surface area contributed by atoms with Gasteiger partial charge in [-0.25, -0.2) is 4.79 Å². The van der Waals surface area contributed by atoms with E-state index < -0.39 is 83.5 Å². The summed E-state index contributed by atoms with van der Waals surface area (Å²) in [5, 5.41) is 49.5. The van der Waals surface area contributed by atoms with Crippen LogP contribution in [0.4, 0.5) is 0 Å². The number of carboxylic acids is 1. The second kappa shape index (κ2) is 14.9. The molecule has 0 fully saturated rings. The van der Waals surface area contributed by atoms with Gasteiger partial charge in [-0.3, -0.25) is 19.2 Å². The lowest BCUT2D eigenvalue weighted by Crippen LogP contribution is -2.61. The Kier molecular flexibility index (Phi) is 11.7. The molecule has 0 saturated heterocycles. The maximum Gasteiger partial charge on any atom is 0.328 e. The normalized spacial score (nSPS) is 22.7. The first kappa shape index (κ1) is 36.9. The number of phenols is 2. The van der Waals surface area contributed by atoms with Crippen molar-refractivity contribution in [3.63, 3.8) is 0 Å². The quantitative estimate of drug-likeness (QED) is 0.0496. The van der Waals surface area contributed by atoms with Crippen LogP contribution in [0, 0.1) is 5.41 Å². The van der Waals surface area contributed by atoms with Crippen molar-refractivity contribution in [3.8, 4) is 17.2 Å². The number of esters is 1. The van der Waals surface area contributed by atoms with Gasteiger partial charge in [-0.15, -0.1) is 0 Å². The van der Waals surface area contributed by atoms with Crippen molar-refractivity contribution in [1.82, 2.24) is 0 Å². The lowest BCUT2D eigenvalue weighted by Gasteiger charge is -2.45. The minimum atomic E-state index is -2.44. The van der Waals surface area contributed by atoms with Gasteiger partial charge in [0.05, 0.1) is 41.2 Å². The van der Waals surface area contributed by atoms with Gasteiger partial charge in [0.15, 0.2) is 23.1 Å². The summed E-state index contributed by atoms with van der Waals surface area (Å²) in [7, 11) is 1.22. The third-order valence-corrected chi connectivity index (χ3v) is 8.36. The van der Waals surface area contributed by atoms with Crippen LogP contribution in [-0.2, 0) is 35.1 Å². The molecule has 0 saturated carbocycles. The molecule has 14 heteroatoms. The summed E-state index contributed by atoms with van der Waals surface area (Å²) in [4.78, 5) is 64.6. The number of rotatable bonds is 13. The first-order chi connectivity index (χ1) is 22.0. The number of carbonyl (C=O) groups is 5. The van der Waals surface area contributed by atoms with Crippen LogP contribution in [0.15, 0.2) is 64.4 Å². The molecule has 1 aromatic rings. The molecule has 1 aliphatic carbocycles. The SMILES string of the molecule is COc1cc(CC23COC(C=CC=CC=CC(=O)O)=CC2=C(Br)C(=O)C(C)(OC(=O)CC(O)CC(C)O)C3=O)c(C(C)=O)c(O)c1O. The molecule has 1 heterocycles. The van der Waals surface area contributed by atoms with E-state index in [1.165, 1.54) is 56.6 Å². The molecule has 47 heavy (non-hydrogen) atoms. The number of benzene rings is 1. The fraction of sp³-hybridized carbons (Fsp3) is 0.364. The highest BCUT2D eigenvalue weighted by molar-refractivity contribution is 9.12. The Morgan fingerprint density at radius 1 is 1.11 bits per heavy atom. The van der Waals surface area contributed by atoms with Gasteiger partial charge in [-0.05, 0) is 78.9 Å². The van der Waals surface area contributed by atoms with Crippen LogP contribution in [0.2, 0.25) is 0 Å². The molecule has 13 nitrogen and oxygen atoms in total. The second-order valence-corrected chi connectivity index (χ2v) is 12.0. The van der Waals surface area contributed by atoms with E-state index in [0.717, 1.165) is 19.9 Å². The minimum absolute atomic E-state index is 0.0512. The van der Waals surface area contributed by atoms with E-state index in [0.29, 0.717) is 0 Å². The van der Waals surface area contributed by atoms with Crippen LogP contribution in [0.1, 0.15) is 49.5 Å². The van der Waals surface area contributed by atoms with Gasteiger partial charge in [0.25, 0.3) is 0 Å². The molecule has 0 amide bonds. The number of ether oxygens (including phenoxy) is 3. The van der Waals surface area contributed by atoms with Crippen molar-refractivity contribution in [2.45, 2.75) is 57.8 Å². The molecule has 252 valence electrons. The maximum atomic E-state index is 14.6. The van der Waals surface area contributed by atoms with E-state index >= 15 is 0 Å². The maximum absolute atomic E-state index is 14.6. The van der Waals surface area contributed by atoms with Gasteiger partial charge < -0.3 is 39.7 Å². The average Bonchev–Trinajstić information content (AvgIpc) is 2.98. The van der Waals surface area contributed by atoms with E-state index in [9.17, 15) is 44.4 Å². The van der Waals surface area contributed by atoms with Gasteiger partial charge in [-0.2, -0.15) is 0 Å². The summed E-state index contributed by atoms with van der Waals surface area (Å²) in [6, 6.07) is 1.26. The fourth-order valence-electron chi connectivity index (χ4n) is 5.43. The molecule has 4 unspecified atom stereocenters. The summed E-state index contributed by atoms with van der Waals surface area (Å²) in [6.45, 7) is 3.22. The number of ketones is 3. The molecule has 0 aromatic heterocycles. The van der Waals surface area contributed by atoms with Crippen LogP contribution in [-0.4, -0.2) is 86.3 Å². The van der Waals surface area contributed by atoms with Gasteiger partial charge in [0.1, 0.15) is 12.4 Å². The summed E-state index contributed by atoms with van der Waals surface area (Å²) in [5.41, 5.74) is -4.41. The molecule has 3 rings (SSSR count). The first-order valence-corrected chi connectivity index (χ1v) is 15.1. The number of phenolic OH excluding ortho intramolecular Hbond substituents is 2. The number of aliphatic hydroxyl groups excluding tert-OH is 2. The number of allylic oxidation sites excluding steroid dienone is 6. The number of hydrogen-bond donors (Lipinski definition) is 5. The largest absolute Gasteiger partial charge is 0.504 e. The van der Waals surface area contributed by atoms with Crippen molar-refractivity contribution in [2.75, 3.05) is 13.7 Å². The van der Waals surface area contributed by atoms with Crippen molar-refractivity contribution >= 4 is 45.2 Å². The number of fused-ring (bicyclic) bond motifs is 1. The second-order valence-electron chi connectivity index (χ2n) is 11.2. The Morgan fingerprint density at radius 2 is 1.77 bits per heavy atom. The number of hydrogen-bond acceptors (Lipinski definition) is 12. The van der Waals surface area contributed by atoms with Crippen molar-refractivity contribution in [1.29, 1.82) is 0 Å². The van der Waals surface area contributed by atoms with Crippen molar-refractivity contribution in [2.24, 2.45) is 5.41 Å². The van der Waals surface area contributed by atoms with Gasteiger partial charge in [0.2, 0.25) is 17.1 Å². The highest BCUT2D eigenvalue weighted by Gasteiger charge is 2.62. The third kappa shape index (κ3) is 7.89. The molecule has 5 N–H and O–H groups in total. The lowest BCUT2D eigenvalue weighted by atomic mass is 9.62. The Bertz CT molecular complexity index is 1630. The highest BCUT2D eigenvalue weighted by Crippen LogP contribution is 2.51. The summed E-state index contributed by atoms with van der Waals surface area (Å²) in [6.07, 6.45) is 6.17. The Balaban J connectivity index is 2.19. The zero-order chi connectivity index (χ0) is 35.3. The molecule has 4 atom stereocenters. The summed E-state index contributed by atoms with van der Waals surface area (Å²) in [5.74, 6) is -6.20. The number of aromatic hydroxyl groups is 2. The van der Waals surface area contributed by atoms with Crippen LogP contribution in [0.25, 0.3) is 0 Å². The van der Waals surface area contributed by atoms with Gasteiger partial charge in [0, 0.05) is 6.08 Å². The van der Waals surface area contributed by atoms with E-state index in [-0.39, 0.29) is 39.1 Å². The fourth-order valence-corrected chi connectivity index (χ4v) is 6.30. The number of halogens is 1. The van der Waals surface area contributed by atoms with Crippen LogP contribution in [0.3, 0.4) is 0 Å². The molecule has 2 aliphatic rings. The zero-order valence-corrected chi connectivity index (χ0v) is 27.6. The molecule has 1 aliphatic heterocycles. The lowest BCUT2D eigenvalue weighted by molar-refractivity contribution is -0.177.